The largest absolute Gasteiger partial charge is 0.492 e. The molecule has 2 aliphatic rings. The van der Waals surface area contributed by atoms with Crippen LogP contribution in [0.1, 0.15) is 13.3 Å². The number of amides is 1. The third-order valence-corrected chi connectivity index (χ3v) is 4.50. The standard InChI is InChI=1S/C17H25N3O3/c1-2-23-16-6-4-3-5-15(16)19-7-9-20(10-8-19)17(22)14-11-13(21)12-18-14/h3-6,13-14,18,21H,2,7-12H2,1H3/t13-,14-/m1/s1. The predicted molar refractivity (Wildman–Crippen MR) is 88.8 cm³/mol. The average molecular weight is 319 g/mol. The van der Waals surface area contributed by atoms with Gasteiger partial charge >= 0.3 is 0 Å². The molecule has 1 aromatic carbocycles. The maximum absolute atomic E-state index is 12.5. The quantitative estimate of drug-likeness (QED) is 0.844. The Kier molecular flexibility index (Phi) is 5.03. The molecule has 1 aromatic rings. The van der Waals surface area contributed by atoms with Gasteiger partial charge in [-0.05, 0) is 25.5 Å². The molecule has 3 rings (SSSR count). The third-order valence-electron chi connectivity index (χ3n) is 4.50. The minimum absolute atomic E-state index is 0.110. The van der Waals surface area contributed by atoms with Gasteiger partial charge in [-0.3, -0.25) is 4.79 Å². The monoisotopic (exact) mass is 319 g/mol. The molecule has 2 aliphatic heterocycles. The molecule has 0 bridgehead atoms. The van der Waals surface area contributed by atoms with Crippen LogP contribution in [0.15, 0.2) is 24.3 Å². The molecule has 0 unspecified atom stereocenters. The highest BCUT2D eigenvalue weighted by Gasteiger charge is 2.32. The van der Waals surface area contributed by atoms with Gasteiger partial charge in [0.05, 0.1) is 24.4 Å². The summed E-state index contributed by atoms with van der Waals surface area (Å²) in [6, 6.07) is 7.81. The summed E-state index contributed by atoms with van der Waals surface area (Å²) in [4.78, 5) is 16.6. The molecule has 2 heterocycles. The number of aliphatic hydroxyl groups is 1. The van der Waals surface area contributed by atoms with Gasteiger partial charge in [-0.2, -0.15) is 0 Å². The molecular formula is C17H25N3O3. The Bertz CT molecular complexity index is 544. The number of hydrogen-bond acceptors (Lipinski definition) is 5. The van der Waals surface area contributed by atoms with Crippen LogP contribution in [0, 0.1) is 0 Å². The van der Waals surface area contributed by atoms with Gasteiger partial charge in [0.25, 0.3) is 0 Å². The lowest BCUT2D eigenvalue weighted by molar-refractivity contribution is -0.133. The second kappa shape index (κ2) is 7.19. The number of aliphatic hydroxyl groups excluding tert-OH is 1. The Morgan fingerprint density at radius 3 is 2.70 bits per heavy atom. The van der Waals surface area contributed by atoms with Crippen molar-refractivity contribution in [3.8, 4) is 5.75 Å². The van der Waals surface area contributed by atoms with Crippen LogP contribution in [-0.2, 0) is 4.79 Å². The first-order valence-electron chi connectivity index (χ1n) is 8.36. The summed E-state index contributed by atoms with van der Waals surface area (Å²) in [7, 11) is 0. The fraction of sp³-hybridized carbons (Fsp3) is 0.588. The summed E-state index contributed by atoms with van der Waals surface area (Å²) >= 11 is 0. The molecule has 0 aromatic heterocycles. The van der Waals surface area contributed by atoms with E-state index in [4.69, 9.17) is 4.74 Å². The van der Waals surface area contributed by atoms with E-state index in [0.29, 0.717) is 32.7 Å². The van der Waals surface area contributed by atoms with Crippen LogP contribution in [0.2, 0.25) is 0 Å². The van der Waals surface area contributed by atoms with E-state index >= 15 is 0 Å². The van der Waals surface area contributed by atoms with Crippen molar-refractivity contribution < 1.29 is 14.6 Å². The maximum atomic E-state index is 12.5. The third kappa shape index (κ3) is 3.59. The fourth-order valence-corrected chi connectivity index (χ4v) is 3.29. The van der Waals surface area contributed by atoms with Gasteiger partial charge in [-0.25, -0.2) is 0 Å². The summed E-state index contributed by atoms with van der Waals surface area (Å²) in [6.07, 6.45) is 0.120. The number of hydrogen-bond donors (Lipinski definition) is 2. The first-order valence-corrected chi connectivity index (χ1v) is 8.36. The molecule has 2 saturated heterocycles. The highest BCUT2D eigenvalue weighted by atomic mass is 16.5. The van der Waals surface area contributed by atoms with E-state index in [1.807, 2.05) is 30.0 Å². The molecule has 2 N–H and O–H groups in total. The van der Waals surface area contributed by atoms with Crippen molar-refractivity contribution in [1.82, 2.24) is 10.2 Å². The first-order chi connectivity index (χ1) is 11.2. The number of β-amino-alcohol motifs (C(OH)–C–C–N with tert-alkyl or cyclic N) is 1. The molecule has 2 fully saturated rings. The molecule has 0 spiro atoms. The normalized spacial score (nSPS) is 24.8. The van der Waals surface area contributed by atoms with Crippen molar-refractivity contribution in [2.75, 3.05) is 44.2 Å². The Hall–Kier alpha value is -1.79. The number of rotatable bonds is 4. The van der Waals surface area contributed by atoms with Crippen molar-refractivity contribution >= 4 is 11.6 Å². The minimum atomic E-state index is -0.400. The lowest BCUT2D eigenvalue weighted by Crippen LogP contribution is -2.53. The van der Waals surface area contributed by atoms with Crippen LogP contribution < -0.4 is 15.0 Å². The second-order valence-electron chi connectivity index (χ2n) is 6.06. The summed E-state index contributed by atoms with van der Waals surface area (Å²) in [5.74, 6) is 1.01. The number of nitrogens with zero attached hydrogens (tertiary/aromatic N) is 2. The van der Waals surface area contributed by atoms with Gasteiger partial charge in [-0.15, -0.1) is 0 Å². The van der Waals surface area contributed by atoms with E-state index in [1.54, 1.807) is 0 Å². The van der Waals surface area contributed by atoms with Gasteiger partial charge in [0, 0.05) is 32.7 Å². The average Bonchev–Trinajstić information content (AvgIpc) is 3.02. The fourth-order valence-electron chi connectivity index (χ4n) is 3.29. The zero-order chi connectivity index (χ0) is 16.2. The van der Waals surface area contributed by atoms with Crippen LogP contribution in [0.3, 0.4) is 0 Å². The molecule has 6 heteroatoms. The van der Waals surface area contributed by atoms with Crippen molar-refractivity contribution in [3.63, 3.8) is 0 Å². The smallest absolute Gasteiger partial charge is 0.239 e. The van der Waals surface area contributed by atoms with Crippen molar-refractivity contribution in [2.24, 2.45) is 0 Å². The van der Waals surface area contributed by atoms with Crippen molar-refractivity contribution in [3.05, 3.63) is 24.3 Å². The molecule has 1 amide bonds. The number of carbonyl (C=O) groups excluding carboxylic acids is 1. The summed E-state index contributed by atoms with van der Waals surface area (Å²) in [5.41, 5.74) is 1.09. The molecule has 0 aliphatic carbocycles. The molecule has 0 radical (unpaired) electrons. The van der Waals surface area contributed by atoms with E-state index in [9.17, 15) is 9.90 Å². The molecule has 2 atom stereocenters. The van der Waals surface area contributed by atoms with Crippen LogP contribution in [0.4, 0.5) is 5.69 Å². The van der Waals surface area contributed by atoms with Crippen LogP contribution in [0.25, 0.3) is 0 Å². The topological polar surface area (TPSA) is 65.0 Å². The highest BCUT2D eigenvalue weighted by molar-refractivity contribution is 5.82. The first kappa shape index (κ1) is 16.1. The van der Waals surface area contributed by atoms with E-state index in [-0.39, 0.29) is 11.9 Å². The van der Waals surface area contributed by atoms with Crippen LogP contribution >= 0.6 is 0 Å². The number of carbonyl (C=O) groups is 1. The van der Waals surface area contributed by atoms with E-state index in [1.165, 1.54) is 0 Å². The number of benzene rings is 1. The molecule has 23 heavy (non-hydrogen) atoms. The molecule has 0 saturated carbocycles. The van der Waals surface area contributed by atoms with Gasteiger partial charge in [0.2, 0.25) is 5.91 Å². The van der Waals surface area contributed by atoms with Gasteiger partial charge in [-0.1, -0.05) is 12.1 Å². The number of ether oxygens (including phenoxy) is 1. The maximum Gasteiger partial charge on any atom is 0.239 e. The van der Waals surface area contributed by atoms with E-state index in [0.717, 1.165) is 24.5 Å². The second-order valence-corrected chi connectivity index (χ2v) is 6.06. The molecule has 6 nitrogen and oxygen atoms in total. The Labute approximate surface area is 137 Å². The molecular weight excluding hydrogens is 294 g/mol. The number of piperazine rings is 1. The summed E-state index contributed by atoms with van der Waals surface area (Å²) in [6.45, 7) is 6.14. The minimum Gasteiger partial charge on any atom is -0.492 e. The number of nitrogens with one attached hydrogen (secondary N) is 1. The summed E-state index contributed by atoms with van der Waals surface area (Å²) < 4.78 is 5.70. The molecule has 126 valence electrons. The van der Waals surface area contributed by atoms with Crippen molar-refractivity contribution in [1.29, 1.82) is 0 Å². The summed E-state index contributed by atoms with van der Waals surface area (Å²) in [5, 5.41) is 12.7. The number of para-hydroxylation sites is 2. The van der Waals surface area contributed by atoms with Gasteiger partial charge in [0.15, 0.2) is 0 Å². The predicted octanol–water partition coefficient (Wildman–Crippen LogP) is 0.457. The highest BCUT2D eigenvalue weighted by Crippen LogP contribution is 2.29. The SMILES string of the molecule is CCOc1ccccc1N1CCN(C(=O)[C@H]2C[C@@H](O)CN2)CC1. The van der Waals surface area contributed by atoms with Gasteiger partial charge < -0.3 is 25.0 Å². The van der Waals surface area contributed by atoms with Crippen molar-refractivity contribution in [2.45, 2.75) is 25.5 Å². The lowest BCUT2D eigenvalue weighted by Gasteiger charge is -2.37. The zero-order valence-corrected chi connectivity index (χ0v) is 13.6. The zero-order valence-electron chi connectivity index (χ0n) is 13.6. The van der Waals surface area contributed by atoms with Gasteiger partial charge in [0.1, 0.15) is 5.75 Å². The van der Waals surface area contributed by atoms with E-state index in [2.05, 4.69) is 16.3 Å². The number of anilines is 1. The Morgan fingerprint density at radius 1 is 1.30 bits per heavy atom. The van der Waals surface area contributed by atoms with Crippen LogP contribution in [-0.4, -0.2) is 67.4 Å². The Balaban J connectivity index is 1.59. The van der Waals surface area contributed by atoms with E-state index < -0.39 is 6.10 Å². The Morgan fingerprint density at radius 2 is 2.04 bits per heavy atom. The van der Waals surface area contributed by atoms with Crippen LogP contribution in [0.5, 0.6) is 5.75 Å². The lowest BCUT2D eigenvalue weighted by atomic mass is 10.1.